The zero-order valence-corrected chi connectivity index (χ0v) is 12.8. The molecule has 0 aliphatic rings. The minimum atomic E-state index is -0.257. The first-order valence-corrected chi connectivity index (χ1v) is 7.43. The first-order valence-electron chi connectivity index (χ1n) is 6.61. The highest BCUT2D eigenvalue weighted by Crippen LogP contribution is 2.22. The molecule has 2 aromatic rings. The van der Waals surface area contributed by atoms with Crippen molar-refractivity contribution in [3.05, 3.63) is 33.0 Å². The quantitative estimate of drug-likeness (QED) is 0.496. The Hall–Kier alpha value is -1.73. The van der Waals surface area contributed by atoms with Crippen LogP contribution in [-0.4, -0.2) is 20.7 Å². The molecule has 0 spiro atoms. The van der Waals surface area contributed by atoms with Crippen LogP contribution in [-0.2, 0) is 19.4 Å². The third-order valence-corrected chi connectivity index (χ3v) is 4.21. The summed E-state index contributed by atoms with van der Waals surface area (Å²) in [6, 6.07) is 1.87. The molecule has 3 N–H and O–H groups in total. The number of rotatable bonds is 5. The van der Waals surface area contributed by atoms with E-state index in [1.165, 1.54) is 11.3 Å². The van der Waals surface area contributed by atoms with Crippen LogP contribution in [0.4, 0.5) is 0 Å². The van der Waals surface area contributed by atoms with Crippen molar-refractivity contribution in [3.63, 3.8) is 0 Å². The molecule has 2 aromatic heterocycles. The lowest BCUT2D eigenvalue weighted by molar-refractivity contribution is 0.0957. The van der Waals surface area contributed by atoms with Crippen LogP contribution >= 0.6 is 11.3 Å². The Morgan fingerprint density at radius 1 is 1.45 bits per heavy atom. The van der Waals surface area contributed by atoms with E-state index in [9.17, 15) is 4.79 Å². The lowest BCUT2D eigenvalue weighted by Crippen LogP contribution is -2.29. The summed E-state index contributed by atoms with van der Waals surface area (Å²) < 4.78 is 1.91. The van der Waals surface area contributed by atoms with Gasteiger partial charge in [0.15, 0.2) is 5.82 Å². The van der Waals surface area contributed by atoms with E-state index in [1.807, 2.05) is 24.6 Å². The van der Waals surface area contributed by atoms with E-state index in [0.717, 1.165) is 34.9 Å². The number of aryl methyl sites for hydroxylation is 3. The molecule has 0 bridgehead atoms. The van der Waals surface area contributed by atoms with Gasteiger partial charge in [-0.15, -0.1) is 11.3 Å². The predicted octanol–water partition coefficient (Wildman–Crippen LogP) is 1.42. The molecular weight excluding hydrogens is 274 g/mol. The van der Waals surface area contributed by atoms with Crippen molar-refractivity contribution in [3.8, 4) is 0 Å². The number of carbonyl (C=O) groups is 1. The van der Waals surface area contributed by atoms with Crippen molar-refractivity contribution < 1.29 is 4.79 Å². The molecule has 2 rings (SSSR count). The largest absolute Gasteiger partial charge is 0.289 e. The van der Waals surface area contributed by atoms with Gasteiger partial charge in [0.05, 0.1) is 11.4 Å². The molecule has 0 atom stereocenters. The fourth-order valence-electron chi connectivity index (χ4n) is 1.99. The van der Waals surface area contributed by atoms with Gasteiger partial charge in [-0.2, -0.15) is 5.10 Å². The molecule has 0 radical (unpaired) electrons. The lowest BCUT2D eigenvalue weighted by Gasteiger charge is -2.03. The molecule has 7 heteroatoms. The summed E-state index contributed by atoms with van der Waals surface area (Å²) in [6.45, 7) is 6.74. The standard InChI is InChI=1S/C13H19N5OS/c1-4-11-15-12(5-2)18(17-11)7-9-6-10(13(19)16-14)20-8(9)3/h6H,4-5,7,14H2,1-3H3,(H,16,19). The normalized spacial score (nSPS) is 10.8. The number of hydrazine groups is 1. The highest BCUT2D eigenvalue weighted by molar-refractivity contribution is 7.14. The maximum atomic E-state index is 11.5. The maximum absolute atomic E-state index is 11.5. The molecule has 0 unspecified atom stereocenters. The van der Waals surface area contributed by atoms with Crippen molar-refractivity contribution >= 4 is 17.2 Å². The Balaban J connectivity index is 2.27. The molecule has 0 fully saturated rings. The molecule has 0 aromatic carbocycles. The minimum Gasteiger partial charge on any atom is -0.289 e. The summed E-state index contributed by atoms with van der Waals surface area (Å²) in [6.07, 6.45) is 1.66. The summed E-state index contributed by atoms with van der Waals surface area (Å²) in [4.78, 5) is 17.7. The Labute approximate surface area is 122 Å². The summed E-state index contributed by atoms with van der Waals surface area (Å²) in [5.74, 6) is 6.73. The molecular formula is C13H19N5OS. The second kappa shape index (κ2) is 6.15. The van der Waals surface area contributed by atoms with Gasteiger partial charge < -0.3 is 0 Å². The van der Waals surface area contributed by atoms with Gasteiger partial charge in [-0.3, -0.25) is 10.2 Å². The molecule has 0 aliphatic heterocycles. The van der Waals surface area contributed by atoms with Crippen molar-refractivity contribution in [1.82, 2.24) is 20.2 Å². The van der Waals surface area contributed by atoms with Crippen LogP contribution in [0.5, 0.6) is 0 Å². The number of amides is 1. The highest BCUT2D eigenvalue weighted by atomic mass is 32.1. The first kappa shape index (κ1) is 14.7. The number of nitrogens with one attached hydrogen (secondary N) is 1. The number of nitrogens with two attached hydrogens (primary N) is 1. The number of aromatic nitrogens is 3. The van der Waals surface area contributed by atoms with Gasteiger partial charge >= 0.3 is 0 Å². The fourth-order valence-corrected chi connectivity index (χ4v) is 2.92. The second-order valence-corrected chi connectivity index (χ2v) is 5.73. The van der Waals surface area contributed by atoms with E-state index in [2.05, 4.69) is 22.4 Å². The zero-order chi connectivity index (χ0) is 14.7. The Bertz CT molecular complexity index is 616. The van der Waals surface area contributed by atoms with Crippen LogP contribution in [0, 0.1) is 6.92 Å². The maximum Gasteiger partial charge on any atom is 0.275 e. The second-order valence-electron chi connectivity index (χ2n) is 4.47. The van der Waals surface area contributed by atoms with Crippen LogP contribution in [0.3, 0.4) is 0 Å². The number of nitrogen functional groups attached to an aromatic ring is 1. The molecule has 20 heavy (non-hydrogen) atoms. The van der Waals surface area contributed by atoms with Gasteiger partial charge in [0, 0.05) is 17.7 Å². The molecule has 1 amide bonds. The number of hydrogen-bond acceptors (Lipinski definition) is 5. The smallest absolute Gasteiger partial charge is 0.275 e. The predicted molar refractivity (Wildman–Crippen MR) is 78.6 cm³/mol. The van der Waals surface area contributed by atoms with Crippen LogP contribution in [0.1, 0.15) is 45.6 Å². The molecule has 0 saturated heterocycles. The Morgan fingerprint density at radius 3 is 2.80 bits per heavy atom. The third-order valence-electron chi connectivity index (χ3n) is 3.12. The highest BCUT2D eigenvalue weighted by Gasteiger charge is 2.14. The van der Waals surface area contributed by atoms with Gasteiger partial charge in [-0.25, -0.2) is 15.5 Å². The van der Waals surface area contributed by atoms with Crippen LogP contribution < -0.4 is 11.3 Å². The Morgan fingerprint density at radius 2 is 2.20 bits per heavy atom. The number of nitrogens with zero attached hydrogens (tertiary/aromatic N) is 3. The third kappa shape index (κ3) is 2.88. The van der Waals surface area contributed by atoms with E-state index in [1.54, 1.807) is 0 Å². The Kier molecular flexibility index (Phi) is 4.51. The average Bonchev–Trinajstić information content (AvgIpc) is 3.02. The average molecular weight is 293 g/mol. The van der Waals surface area contributed by atoms with E-state index in [-0.39, 0.29) is 5.91 Å². The fraction of sp³-hybridized carbons (Fsp3) is 0.462. The van der Waals surface area contributed by atoms with Gasteiger partial charge in [0.2, 0.25) is 0 Å². The summed E-state index contributed by atoms with van der Waals surface area (Å²) in [7, 11) is 0. The number of hydrogen-bond donors (Lipinski definition) is 2. The van der Waals surface area contributed by atoms with Gasteiger partial charge in [0.1, 0.15) is 5.82 Å². The van der Waals surface area contributed by atoms with Gasteiger partial charge in [0.25, 0.3) is 5.91 Å². The van der Waals surface area contributed by atoms with E-state index >= 15 is 0 Å². The van der Waals surface area contributed by atoms with Crippen LogP contribution in [0.15, 0.2) is 6.07 Å². The van der Waals surface area contributed by atoms with E-state index in [0.29, 0.717) is 11.4 Å². The van der Waals surface area contributed by atoms with Crippen molar-refractivity contribution in [2.45, 2.75) is 40.2 Å². The lowest BCUT2D eigenvalue weighted by atomic mass is 10.2. The van der Waals surface area contributed by atoms with Crippen molar-refractivity contribution in [2.75, 3.05) is 0 Å². The van der Waals surface area contributed by atoms with Crippen molar-refractivity contribution in [1.29, 1.82) is 0 Å². The number of carbonyl (C=O) groups excluding carboxylic acids is 1. The molecule has 108 valence electrons. The molecule has 0 aliphatic carbocycles. The number of thiophene rings is 1. The van der Waals surface area contributed by atoms with Crippen LogP contribution in [0.25, 0.3) is 0 Å². The zero-order valence-electron chi connectivity index (χ0n) is 11.9. The molecule has 0 saturated carbocycles. The van der Waals surface area contributed by atoms with Gasteiger partial charge in [-0.1, -0.05) is 13.8 Å². The van der Waals surface area contributed by atoms with E-state index in [4.69, 9.17) is 5.84 Å². The summed E-state index contributed by atoms with van der Waals surface area (Å²) >= 11 is 1.44. The monoisotopic (exact) mass is 293 g/mol. The first-order chi connectivity index (χ1) is 9.58. The minimum absolute atomic E-state index is 0.257. The SMILES string of the molecule is CCc1nc(CC)n(Cc2cc(C(=O)NN)sc2C)n1. The molecule has 2 heterocycles. The molecule has 6 nitrogen and oxygen atoms in total. The summed E-state index contributed by atoms with van der Waals surface area (Å²) in [5.41, 5.74) is 3.24. The topological polar surface area (TPSA) is 85.8 Å². The van der Waals surface area contributed by atoms with E-state index < -0.39 is 0 Å². The van der Waals surface area contributed by atoms with Crippen LogP contribution in [0.2, 0.25) is 0 Å². The van der Waals surface area contributed by atoms with Crippen molar-refractivity contribution in [2.24, 2.45) is 5.84 Å². The van der Waals surface area contributed by atoms with Gasteiger partial charge in [-0.05, 0) is 18.6 Å². The summed E-state index contributed by atoms with van der Waals surface area (Å²) in [5, 5.41) is 4.50.